The van der Waals surface area contributed by atoms with Gasteiger partial charge in [0.2, 0.25) is 5.91 Å². The molecule has 0 bridgehead atoms. The first-order valence-corrected chi connectivity index (χ1v) is 6.27. The summed E-state index contributed by atoms with van der Waals surface area (Å²) in [7, 11) is 0. The average Bonchev–Trinajstić information content (AvgIpc) is 2.66. The van der Waals surface area contributed by atoms with Crippen LogP contribution >= 0.6 is 11.3 Å². The van der Waals surface area contributed by atoms with Crippen molar-refractivity contribution < 1.29 is 14.7 Å². The molecule has 1 fully saturated rings. The molecule has 1 aliphatic rings. The summed E-state index contributed by atoms with van der Waals surface area (Å²) in [5.41, 5.74) is 0.777. The predicted octanol–water partition coefficient (Wildman–Crippen LogP) is 2.74. The number of carboxylic acid groups (broad SMARTS) is 1. The van der Waals surface area contributed by atoms with Gasteiger partial charge in [-0.3, -0.25) is 4.79 Å². The monoisotopic (exact) mass is 253 g/mol. The molecule has 92 valence electrons. The number of amides is 1. The van der Waals surface area contributed by atoms with E-state index in [0.717, 1.165) is 17.8 Å². The fraction of sp³-hybridized carbons (Fsp3) is 0.500. The minimum atomic E-state index is -0.945. The van der Waals surface area contributed by atoms with Gasteiger partial charge in [0, 0.05) is 5.92 Å². The molecule has 1 atom stereocenters. The molecule has 1 saturated carbocycles. The second-order valence-corrected chi connectivity index (χ2v) is 6.21. The standard InChI is InChI=1S/C12H15NO3S/c1-6-4-8(17-9(6)11(15)16)13-10(14)7-5-12(7,2)3/h4,7H,5H2,1-3H3,(H,13,14)(H,15,16). The molecular formula is C12H15NO3S. The number of carboxylic acids is 1. The first-order valence-electron chi connectivity index (χ1n) is 5.46. The van der Waals surface area contributed by atoms with Crippen LogP contribution in [-0.2, 0) is 4.79 Å². The third-order valence-corrected chi connectivity index (χ3v) is 4.33. The lowest BCUT2D eigenvalue weighted by atomic mass is 10.1. The Bertz CT molecular complexity index is 490. The van der Waals surface area contributed by atoms with Gasteiger partial charge in [-0.1, -0.05) is 13.8 Å². The van der Waals surface area contributed by atoms with Crippen molar-refractivity contribution in [2.45, 2.75) is 27.2 Å². The van der Waals surface area contributed by atoms with Crippen LogP contribution in [0, 0.1) is 18.3 Å². The van der Waals surface area contributed by atoms with Gasteiger partial charge >= 0.3 is 5.97 Å². The van der Waals surface area contributed by atoms with Crippen LogP contribution in [0.3, 0.4) is 0 Å². The molecule has 0 spiro atoms. The topological polar surface area (TPSA) is 66.4 Å². The minimum Gasteiger partial charge on any atom is -0.477 e. The smallest absolute Gasteiger partial charge is 0.346 e. The van der Waals surface area contributed by atoms with Gasteiger partial charge in [-0.25, -0.2) is 4.79 Å². The Morgan fingerprint density at radius 3 is 2.53 bits per heavy atom. The summed E-state index contributed by atoms with van der Waals surface area (Å²) < 4.78 is 0. The highest BCUT2D eigenvalue weighted by Crippen LogP contribution is 2.52. The summed E-state index contributed by atoms with van der Waals surface area (Å²) in [5, 5.41) is 12.3. The average molecular weight is 253 g/mol. The van der Waals surface area contributed by atoms with Gasteiger partial charge in [0.25, 0.3) is 0 Å². The third-order valence-electron chi connectivity index (χ3n) is 3.19. The molecule has 0 aromatic carbocycles. The minimum absolute atomic E-state index is 0.00631. The number of anilines is 1. The van der Waals surface area contributed by atoms with E-state index in [4.69, 9.17) is 5.11 Å². The Labute approximate surface area is 104 Å². The molecule has 1 amide bonds. The van der Waals surface area contributed by atoms with Gasteiger partial charge in [-0.2, -0.15) is 0 Å². The Kier molecular flexibility index (Phi) is 2.73. The van der Waals surface area contributed by atoms with Crippen LogP contribution in [-0.4, -0.2) is 17.0 Å². The first kappa shape index (κ1) is 12.1. The van der Waals surface area contributed by atoms with E-state index in [0.29, 0.717) is 10.6 Å². The molecule has 1 aromatic rings. The van der Waals surface area contributed by atoms with E-state index in [1.54, 1.807) is 13.0 Å². The lowest BCUT2D eigenvalue weighted by Gasteiger charge is -2.03. The summed E-state index contributed by atoms with van der Waals surface area (Å²) in [5.74, 6) is -0.897. The highest BCUT2D eigenvalue weighted by Gasteiger charge is 2.50. The maximum Gasteiger partial charge on any atom is 0.346 e. The van der Waals surface area contributed by atoms with Crippen LogP contribution < -0.4 is 5.32 Å². The molecule has 17 heavy (non-hydrogen) atoms. The molecule has 2 rings (SSSR count). The SMILES string of the molecule is Cc1cc(NC(=O)C2CC2(C)C)sc1C(=O)O. The summed E-state index contributed by atoms with van der Waals surface area (Å²) in [6.45, 7) is 5.84. The van der Waals surface area contributed by atoms with E-state index in [1.807, 2.05) is 0 Å². The van der Waals surface area contributed by atoms with Crippen molar-refractivity contribution in [1.82, 2.24) is 0 Å². The molecule has 1 aromatic heterocycles. The van der Waals surface area contributed by atoms with E-state index < -0.39 is 5.97 Å². The van der Waals surface area contributed by atoms with Crippen LogP contribution in [0.15, 0.2) is 6.07 Å². The molecule has 0 aliphatic heterocycles. The number of aromatic carboxylic acids is 1. The summed E-state index contributed by atoms with van der Waals surface area (Å²) >= 11 is 1.11. The molecule has 1 unspecified atom stereocenters. The Morgan fingerprint density at radius 2 is 2.12 bits per heavy atom. The molecule has 5 heteroatoms. The zero-order valence-corrected chi connectivity index (χ0v) is 10.9. The fourth-order valence-electron chi connectivity index (χ4n) is 1.88. The van der Waals surface area contributed by atoms with Crippen LogP contribution in [0.2, 0.25) is 0 Å². The van der Waals surface area contributed by atoms with E-state index in [-0.39, 0.29) is 22.1 Å². The largest absolute Gasteiger partial charge is 0.477 e. The number of hydrogen-bond donors (Lipinski definition) is 2. The third kappa shape index (κ3) is 2.34. The van der Waals surface area contributed by atoms with Crippen molar-refractivity contribution in [3.8, 4) is 0 Å². The number of hydrogen-bond acceptors (Lipinski definition) is 3. The van der Waals surface area contributed by atoms with Crippen LogP contribution in [0.1, 0.15) is 35.5 Å². The second kappa shape index (κ2) is 3.84. The van der Waals surface area contributed by atoms with E-state index in [2.05, 4.69) is 19.2 Å². The predicted molar refractivity (Wildman–Crippen MR) is 66.5 cm³/mol. The fourth-order valence-corrected chi connectivity index (χ4v) is 2.79. The van der Waals surface area contributed by atoms with E-state index in [1.165, 1.54) is 0 Å². The molecule has 0 saturated heterocycles. The van der Waals surface area contributed by atoms with Crippen molar-refractivity contribution in [1.29, 1.82) is 0 Å². The van der Waals surface area contributed by atoms with Crippen molar-refractivity contribution in [3.05, 3.63) is 16.5 Å². The Balaban J connectivity index is 2.07. The van der Waals surface area contributed by atoms with Gasteiger partial charge in [-0.15, -0.1) is 11.3 Å². The summed E-state index contributed by atoms with van der Waals surface area (Å²) in [6.07, 6.45) is 0.898. The summed E-state index contributed by atoms with van der Waals surface area (Å²) in [4.78, 5) is 23.0. The number of aryl methyl sites for hydroxylation is 1. The molecule has 1 aliphatic carbocycles. The van der Waals surface area contributed by atoms with Crippen LogP contribution in [0.25, 0.3) is 0 Å². The molecule has 1 heterocycles. The lowest BCUT2D eigenvalue weighted by Crippen LogP contribution is -2.15. The van der Waals surface area contributed by atoms with E-state index >= 15 is 0 Å². The number of carbonyl (C=O) groups is 2. The Hall–Kier alpha value is -1.36. The van der Waals surface area contributed by atoms with Gasteiger partial charge in [0.15, 0.2) is 0 Å². The molecule has 4 nitrogen and oxygen atoms in total. The number of rotatable bonds is 3. The van der Waals surface area contributed by atoms with Crippen LogP contribution in [0.5, 0.6) is 0 Å². The zero-order chi connectivity index (χ0) is 12.8. The first-order chi connectivity index (χ1) is 7.81. The maximum absolute atomic E-state index is 11.8. The number of thiophene rings is 1. The molecule has 0 radical (unpaired) electrons. The van der Waals surface area contributed by atoms with Crippen molar-refractivity contribution >= 4 is 28.2 Å². The highest BCUT2D eigenvalue weighted by molar-refractivity contribution is 7.18. The quantitative estimate of drug-likeness (QED) is 0.870. The molecule has 2 N–H and O–H groups in total. The van der Waals surface area contributed by atoms with Crippen molar-refractivity contribution in [2.24, 2.45) is 11.3 Å². The summed E-state index contributed by atoms with van der Waals surface area (Å²) in [6, 6.07) is 1.71. The van der Waals surface area contributed by atoms with Crippen LogP contribution in [0.4, 0.5) is 5.00 Å². The van der Waals surface area contributed by atoms with Gasteiger partial charge in [0.1, 0.15) is 4.88 Å². The van der Waals surface area contributed by atoms with Crippen molar-refractivity contribution in [2.75, 3.05) is 5.32 Å². The number of carbonyl (C=O) groups excluding carboxylic acids is 1. The normalized spacial score (nSPS) is 21.0. The number of nitrogens with one attached hydrogen (secondary N) is 1. The van der Waals surface area contributed by atoms with Gasteiger partial charge < -0.3 is 10.4 Å². The van der Waals surface area contributed by atoms with Gasteiger partial charge in [0.05, 0.1) is 5.00 Å². The Morgan fingerprint density at radius 1 is 1.53 bits per heavy atom. The van der Waals surface area contributed by atoms with E-state index in [9.17, 15) is 9.59 Å². The zero-order valence-electron chi connectivity index (χ0n) is 10.0. The maximum atomic E-state index is 11.8. The lowest BCUT2D eigenvalue weighted by molar-refractivity contribution is -0.117. The van der Waals surface area contributed by atoms with Gasteiger partial charge in [-0.05, 0) is 30.4 Å². The highest BCUT2D eigenvalue weighted by atomic mass is 32.1. The molecular weight excluding hydrogens is 238 g/mol. The van der Waals surface area contributed by atoms with Crippen molar-refractivity contribution in [3.63, 3.8) is 0 Å². The second-order valence-electron chi connectivity index (χ2n) is 5.16.